The number of esters is 1. The molecule has 2 unspecified atom stereocenters. The third-order valence-corrected chi connectivity index (χ3v) is 7.40. The van der Waals surface area contributed by atoms with Crippen LogP contribution < -0.4 is 5.01 Å². The van der Waals surface area contributed by atoms with Gasteiger partial charge < -0.3 is 4.74 Å². The number of ether oxygens (including phenoxy) is 1. The van der Waals surface area contributed by atoms with Crippen LogP contribution in [-0.2, 0) is 19.7 Å². The molecule has 3 aromatic rings. The van der Waals surface area contributed by atoms with Crippen LogP contribution >= 0.6 is 0 Å². The van der Waals surface area contributed by atoms with Gasteiger partial charge in [0.15, 0.2) is 0 Å². The Bertz CT molecular complexity index is 1200. The third-order valence-electron chi connectivity index (χ3n) is 7.40. The highest BCUT2D eigenvalue weighted by Gasteiger charge is 2.95. The Labute approximate surface area is 193 Å². The van der Waals surface area contributed by atoms with E-state index in [1.807, 2.05) is 105 Å². The SMILES string of the molecule is CCOC(=O)C1(C)C2(C(=O)N(c3ccccc3)N=C2C)C1(c1ccccc1)c1ccccc1. The van der Waals surface area contributed by atoms with Crippen LogP contribution in [0, 0.1) is 10.8 Å². The lowest BCUT2D eigenvalue weighted by Crippen LogP contribution is -2.37. The molecule has 1 heterocycles. The van der Waals surface area contributed by atoms with E-state index in [0.29, 0.717) is 11.4 Å². The van der Waals surface area contributed by atoms with Crippen molar-refractivity contribution in [1.82, 2.24) is 0 Å². The highest BCUT2D eigenvalue weighted by Crippen LogP contribution is 2.83. The van der Waals surface area contributed by atoms with Crippen LogP contribution in [0.15, 0.2) is 96.1 Å². The minimum Gasteiger partial charge on any atom is -0.465 e. The molecule has 33 heavy (non-hydrogen) atoms. The number of carbonyl (C=O) groups is 2. The molecule has 1 aliphatic carbocycles. The number of hydrazone groups is 1. The van der Waals surface area contributed by atoms with Gasteiger partial charge in [-0.15, -0.1) is 0 Å². The summed E-state index contributed by atoms with van der Waals surface area (Å²) in [5.74, 6) is -0.607. The molecule has 1 aliphatic heterocycles. The minimum atomic E-state index is -1.20. The molecule has 1 spiro atoms. The molecule has 2 aliphatic rings. The van der Waals surface area contributed by atoms with Crippen molar-refractivity contribution < 1.29 is 14.3 Å². The average Bonchev–Trinajstić information content (AvgIpc) is 3.28. The van der Waals surface area contributed by atoms with Gasteiger partial charge in [0, 0.05) is 0 Å². The van der Waals surface area contributed by atoms with Crippen molar-refractivity contribution in [2.45, 2.75) is 26.2 Å². The van der Waals surface area contributed by atoms with Crippen molar-refractivity contribution in [3.63, 3.8) is 0 Å². The predicted molar refractivity (Wildman–Crippen MR) is 128 cm³/mol. The maximum absolute atomic E-state index is 14.4. The number of para-hydroxylation sites is 1. The molecule has 2 atom stereocenters. The monoisotopic (exact) mass is 438 g/mol. The molecule has 1 saturated carbocycles. The van der Waals surface area contributed by atoms with Crippen molar-refractivity contribution in [2.24, 2.45) is 15.9 Å². The maximum Gasteiger partial charge on any atom is 0.314 e. The molecule has 0 saturated heterocycles. The number of benzene rings is 3. The van der Waals surface area contributed by atoms with E-state index in [2.05, 4.69) is 0 Å². The number of hydrogen-bond donors (Lipinski definition) is 0. The number of carbonyl (C=O) groups excluding carboxylic acids is 2. The van der Waals surface area contributed by atoms with Crippen LogP contribution in [0.3, 0.4) is 0 Å². The summed E-state index contributed by atoms with van der Waals surface area (Å²) in [4.78, 5) is 28.1. The smallest absolute Gasteiger partial charge is 0.314 e. The minimum absolute atomic E-state index is 0.213. The van der Waals surface area contributed by atoms with E-state index >= 15 is 0 Å². The summed E-state index contributed by atoms with van der Waals surface area (Å²) in [7, 11) is 0. The van der Waals surface area contributed by atoms with Gasteiger partial charge in [-0.1, -0.05) is 78.9 Å². The topological polar surface area (TPSA) is 59.0 Å². The normalized spacial score (nSPS) is 25.1. The summed E-state index contributed by atoms with van der Waals surface area (Å²) in [5.41, 5.74) is -0.263. The standard InChI is InChI=1S/C28H26N2O3/c1-4-33-25(32)26(3)27(20(2)29-30(24(27)31)23-18-12-7-13-19-23)28(26,21-14-8-5-9-15-21)22-16-10-6-11-17-22/h5-19H,4H2,1-3H3. The fraction of sp³-hybridized carbons (Fsp3) is 0.250. The van der Waals surface area contributed by atoms with Crippen LogP contribution in [0.25, 0.3) is 0 Å². The van der Waals surface area contributed by atoms with Crippen LogP contribution in [0.5, 0.6) is 0 Å². The highest BCUT2D eigenvalue weighted by atomic mass is 16.5. The Balaban J connectivity index is 1.83. The van der Waals surface area contributed by atoms with Gasteiger partial charge in [-0.25, -0.2) is 0 Å². The van der Waals surface area contributed by atoms with E-state index in [1.165, 1.54) is 5.01 Å². The van der Waals surface area contributed by atoms with Gasteiger partial charge in [-0.2, -0.15) is 10.1 Å². The maximum atomic E-state index is 14.4. The fourth-order valence-corrected chi connectivity index (χ4v) is 6.19. The van der Waals surface area contributed by atoms with Gasteiger partial charge in [0.25, 0.3) is 5.91 Å². The number of hydrogen-bond acceptors (Lipinski definition) is 4. The molecule has 5 rings (SSSR count). The van der Waals surface area contributed by atoms with E-state index in [4.69, 9.17) is 9.84 Å². The van der Waals surface area contributed by atoms with Crippen LogP contribution in [0.4, 0.5) is 5.69 Å². The zero-order valence-corrected chi connectivity index (χ0v) is 19.0. The van der Waals surface area contributed by atoms with E-state index < -0.39 is 22.2 Å². The molecule has 1 amide bonds. The largest absolute Gasteiger partial charge is 0.465 e. The molecule has 0 radical (unpaired) electrons. The van der Waals surface area contributed by atoms with Crippen LogP contribution in [0.1, 0.15) is 31.9 Å². The molecule has 0 aromatic heterocycles. The highest BCUT2D eigenvalue weighted by molar-refractivity contribution is 6.28. The summed E-state index contributed by atoms with van der Waals surface area (Å²) in [5, 5.41) is 6.18. The molecular formula is C28H26N2O3. The van der Waals surface area contributed by atoms with E-state index in [9.17, 15) is 9.59 Å². The second kappa shape index (κ2) is 7.41. The van der Waals surface area contributed by atoms with E-state index in [0.717, 1.165) is 11.1 Å². The van der Waals surface area contributed by atoms with E-state index in [-0.39, 0.29) is 12.5 Å². The molecule has 1 fully saturated rings. The van der Waals surface area contributed by atoms with Crippen molar-refractivity contribution >= 4 is 23.3 Å². The quantitative estimate of drug-likeness (QED) is 0.529. The van der Waals surface area contributed by atoms with Crippen molar-refractivity contribution in [3.8, 4) is 0 Å². The second-order valence-corrected chi connectivity index (χ2v) is 8.72. The van der Waals surface area contributed by atoms with Crippen molar-refractivity contribution in [2.75, 3.05) is 11.6 Å². The zero-order chi connectivity index (χ0) is 23.3. The number of nitrogens with zero attached hydrogens (tertiary/aromatic N) is 2. The Kier molecular flexibility index (Phi) is 4.74. The zero-order valence-electron chi connectivity index (χ0n) is 19.0. The van der Waals surface area contributed by atoms with Gasteiger partial charge in [-0.3, -0.25) is 9.59 Å². The fourth-order valence-electron chi connectivity index (χ4n) is 6.19. The van der Waals surface area contributed by atoms with Gasteiger partial charge in [0.2, 0.25) is 0 Å². The Morgan fingerprint density at radius 2 is 1.33 bits per heavy atom. The van der Waals surface area contributed by atoms with Crippen LogP contribution in [-0.4, -0.2) is 24.2 Å². The average molecular weight is 439 g/mol. The second-order valence-electron chi connectivity index (χ2n) is 8.72. The Morgan fingerprint density at radius 1 is 0.848 bits per heavy atom. The number of anilines is 1. The summed E-state index contributed by atoms with van der Waals surface area (Å²) < 4.78 is 5.63. The first-order chi connectivity index (χ1) is 16.0. The molecule has 5 heteroatoms. The molecule has 166 valence electrons. The summed E-state index contributed by atoms with van der Waals surface area (Å²) in [6.45, 7) is 5.73. The Hall–Kier alpha value is -3.73. The molecular weight excluding hydrogens is 412 g/mol. The predicted octanol–water partition coefficient (Wildman–Crippen LogP) is 4.96. The molecule has 3 aromatic carbocycles. The third kappa shape index (κ3) is 2.39. The summed E-state index contributed by atoms with van der Waals surface area (Å²) >= 11 is 0. The van der Waals surface area contributed by atoms with Gasteiger partial charge in [0.05, 0.1) is 23.4 Å². The summed E-state index contributed by atoms with van der Waals surface area (Å²) in [6, 6.07) is 29.0. The molecule has 5 nitrogen and oxygen atoms in total. The first-order valence-electron chi connectivity index (χ1n) is 11.2. The molecule has 0 N–H and O–H groups in total. The Morgan fingerprint density at radius 3 is 1.82 bits per heavy atom. The van der Waals surface area contributed by atoms with Gasteiger partial charge in [-0.05, 0) is 44.0 Å². The lowest BCUT2D eigenvalue weighted by molar-refractivity contribution is -0.151. The lowest BCUT2D eigenvalue weighted by Gasteiger charge is -2.24. The van der Waals surface area contributed by atoms with E-state index in [1.54, 1.807) is 6.92 Å². The van der Waals surface area contributed by atoms with Crippen molar-refractivity contribution in [3.05, 3.63) is 102 Å². The van der Waals surface area contributed by atoms with Crippen LogP contribution in [0.2, 0.25) is 0 Å². The first-order valence-corrected chi connectivity index (χ1v) is 11.2. The van der Waals surface area contributed by atoms with Gasteiger partial charge >= 0.3 is 5.97 Å². The number of amides is 1. The lowest BCUT2D eigenvalue weighted by atomic mass is 9.77. The number of rotatable bonds is 5. The summed E-state index contributed by atoms with van der Waals surface area (Å²) in [6.07, 6.45) is 0. The molecule has 0 bridgehead atoms. The van der Waals surface area contributed by atoms with Crippen molar-refractivity contribution in [1.29, 1.82) is 0 Å². The van der Waals surface area contributed by atoms with Gasteiger partial charge in [0.1, 0.15) is 10.8 Å². The first kappa shape index (κ1) is 21.1.